The molecule has 11 heteroatoms. The Kier molecular flexibility index (Phi) is 11.1. The summed E-state index contributed by atoms with van der Waals surface area (Å²) in [5, 5.41) is 12.7. The standard InChI is InChI=1S/C15H20FIN2O2.C9H8F2INO/c1-19(2)15(21)12-7-9(17)8-13(16)14(12)18-10-3-5-11(20)6-4-10;1-13(2)9(14)6-3-5(12)4-7(10)8(6)11/h7-8,10-11,18,20H,3-6H2,1-2H3;3-4H,1-2H3. The van der Waals surface area contributed by atoms with Crippen molar-refractivity contribution < 1.29 is 27.9 Å². The van der Waals surface area contributed by atoms with Crippen LogP contribution >= 0.6 is 45.2 Å². The molecular formula is C24H28F3I2N3O3. The lowest BCUT2D eigenvalue weighted by Gasteiger charge is -2.28. The van der Waals surface area contributed by atoms with Crippen molar-refractivity contribution in [2.75, 3.05) is 33.5 Å². The van der Waals surface area contributed by atoms with Gasteiger partial charge in [0.15, 0.2) is 11.6 Å². The molecule has 0 atom stereocenters. The summed E-state index contributed by atoms with van der Waals surface area (Å²) in [6, 6.07) is 5.58. The Morgan fingerprint density at radius 1 is 0.829 bits per heavy atom. The van der Waals surface area contributed by atoms with Gasteiger partial charge in [0.25, 0.3) is 11.8 Å². The van der Waals surface area contributed by atoms with Crippen molar-refractivity contribution in [1.29, 1.82) is 0 Å². The summed E-state index contributed by atoms with van der Waals surface area (Å²) < 4.78 is 41.5. The lowest BCUT2D eigenvalue weighted by Crippen LogP contribution is -2.30. The maximum absolute atomic E-state index is 14.3. The van der Waals surface area contributed by atoms with Gasteiger partial charge in [-0.25, -0.2) is 13.2 Å². The number of amides is 2. The number of carbonyl (C=O) groups excluding carboxylic acids is 2. The Balaban J connectivity index is 0.000000269. The molecule has 2 aromatic carbocycles. The number of hydrogen-bond acceptors (Lipinski definition) is 4. The topological polar surface area (TPSA) is 72.9 Å². The van der Waals surface area contributed by atoms with E-state index < -0.39 is 23.4 Å². The van der Waals surface area contributed by atoms with Crippen molar-refractivity contribution in [3.63, 3.8) is 0 Å². The monoisotopic (exact) mass is 717 g/mol. The second-order valence-electron chi connectivity index (χ2n) is 8.61. The largest absolute Gasteiger partial charge is 0.393 e. The minimum Gasteiger partial charge on any atom is -0.393 e. The van der Waals surface area contributed by atoms with Crippen LogP contribution in [0.2, 0.25) is 0 Å². The number of rotatable bonds is 4. The Bertz CT molecular complexity index is 1080. The first kappa shape index (κ1) is 29.6. The van der Waals surface area contributed by atoms with Crippen molar-refractivity contribution in [3.8, 4) is 0 Å². The summed E-state index contributed by atoms with van der Waals surface area (Å²) in [4.78, 5) is 26.3. The van der Waals surface area contributed by atoms with Gasteiger partial charge in [0, 0.05) is 41.4 Å². The van der Waals surface area contributed by atoms with E-state index in [1.807, 2.05) is 45.2 Å². The molecule has 0 spiro atoms. The van der Waals surface area contributed by atoms with Crippen LogP contribution in [0.5, 0.6) is 0 Å². The Hall–Kier alpha value is -1.61. The summed E-state index contributed by atoms with van der Waals surface area (Å²) in [6.45, 7) is 0. The predicted molar refractivity (Wildman–Crippen MR) is 146 cm³/mol. The highest BCUT2D eigenvalue weighted by Crippen LogP contribution is 2.28. The zero-order valence-corrected chi connectivity index (χ0v) is 24.2. The van der Waals surface area contributed by atoms with Gasteiger partial charge in [-0.05, 0) is 95.1 Å². The molecular weight excluding hydrogens is 689 g/mol. The predicted octanol–water partition coefficient (Wildman–Crippen LogP) is 5.12. The van der Waals surface area contributed by atoms with Crippen molar-refractivity contribution >= 4 is 62.7 Å². The summed E-state index contributed by atoms with van der Waals surface area (Å²) >= 11 is 3.83. The molecule has 0 aliphatic heterocycles. The molecule has 0 unspecified atom stereocenters. The maximum atomic E-state index is 14.3. The molecule has 2 N–H and O–H groups in total. The number of aliphatic hydroxyl groups is 1. The van der Waals surface area contributed by atoms with E-state index in [4.69, 9.17) is 0 Å². The Morgan fingerprint density at radius 2 is 1.29 bits per heavy atom. The molecule has 192 valence electrons. The fourth-order valence-corrected chi connectivity index (χ4v) is 4.68. The molecule has 1 aliphatic rings. The van der Waals surface area contributed by atoms with Crippen LogP contribution < -0.4 is 5.32 Å². The van der Waals surface area contributed by atoms with Gasteiger partial charge >= 0.3 is 0 Å². The first-order chi connectivity index (χ1) is 16.3. The lowest BCUT2D eigenvalue weighted by atomic mass is 9.92. The van der Waals surface area contributed by atoms with Crippen molar-refractivity contribution in [3.05, 3.63) is 60.0 Å². The zero-order valence-electron chi connectivity index (χ0n) is 19.8. The number of benzene rings is 2. The minimum atomic E-state index is -1.09. The van der Waals surface area contributed by atoms with E-state index >= 15 is 0 Å². The third-order valence-electron chi connectivity index (χ3n) is 5.37. The van der Waals surface area contributed by atoms with E-state index in [9.17, 15) is 27.9 Å². The quantitative estimate of drug-likeness (QED) is 0.341. The van der Waals surface area contributed by atoms with Gasteiger partial charge in [0.05, 0.1) is 22.9 Å². The molecule has 0 radical (unpaired) electrons. The molecule has 3 rings (SSSR count). The number of nitrogens with one attached hydrogen (secondary N) is 1. The molecule has 0 saturated heterocycles. The fourth-order valence-electron chi connectivity index (χ4n) is 3.51. The molecule has 1 aliphatic carbocycles. The third-order valence-corrected chi connectivity index (χ3v) is 6.61. The van der Waals surface area contributed by atoms with Crippen LogP contribution in [0.25, 0.3) is 0 Å². The van der Waals surface area contributed by atoms with Gasteiger partial charge in [-0.15, -0.1) is 0 Å². The summed E-state index contributed by atoms with van der Waals surface area (Å²) in [5.74, 6) is -3.25. The lowest BCUT2D eigenvalue weighted by molar-refractivity contribution is 0.0817. The zero-order chi connectivity index (χ0) is 26.4. The van der Waals surface area contributed by atoms with E-state index in [0.717, 1.165) is 18.9 Å². The SMILES string of the molecule is CN(C)C(=O)c1cc(I)cc(F)c1F.CN(C)C(=O)c1cc(I)cc(F)c1NC1CCC(O)CC1. The van der Waals surface area contributed by atoms with Crippen molar-refractivity contribution in [2.24, 2.45) is 0 Å². The maximum Gasteiger partial charge on any atom is 0.256 e. The summed E-state index contributed by atoms with van der Waals surface area (Å²) in [7, 11) is 6.28. The average molecular weight is 717 g/mol. The van der Waals surface area contributed by atoms with Gasteiger partial charge in [-0.3, -0.25) is 9.59 Å². The second-order valence-corrected chi connectivity index (χ2v) is 11.1. The normalized spacial score (nSPS) is 17.2. The Labute approximate surface area is 230 Å². The Morgan fingerprint density at radius 3 is 1.80 bits per heavy atom. The molecule has 0 bridgehead atoms. The number of nitrogens with zero attached hydrogens (tertiary/aromatic N) is 2. The first-order valence-corrected chi connectivity index (χ1v) is 13.0. The van der Waals surface area contributed by atoms with Crippen LogP contribution in [-0.2, 0) is 0 Å². The highest BCUT2D eigenvalue weighted by atomic mass is 127. The van der Waals surface area contributed by atoms with Crippen molar-refractivity contribution in [1.82, 2.24) is 9.80 Å². The van der Waals surface area contributed by atoms with E-state index in [1.165, 1.54) is 36.0 Å². The van der Waals surface area contributed by atoms with Crippen LogP contribution in [0.4, 0.5) is 18.9 Å². The van der Waals surface area contributed by atoms with Crippen LogP contribution in [-0.4, -0.2) is 67.1 Å². The van der Waals surface area contributed by atoms with Crippen LogP contribution in [0.3, 0.4) is 0 Å². The number of carbonyl (C=O) groups is 2. The average Bonchev–Trinajstić information content (AvgIpc) is 2.78. The van der Waals surface area contributed by atoms with Gasteiger partial charge in [0.1, 0.15) is 5.82 Å². The van der Waals surface area contributed by atoms with Crippen LogP contribution in [0, 0.1) is 24.6 Å². The first-order valence-electron chi connectivity index (χ1n) is 10.8. The number of aliphatic hydroxyl groups excluding tert-OH is 1. The van der Waals surface area contributed by atoms with Crippen molar-refractivity contribution in [2.45, 2.75) is 37.8 Å². The highest BCUT2D eigenvalue weighted by molar-refractivity contribution is 14.1. The smallest absolute Gasteiger partial charge is 0.256 e. The van der Waals surface area contributed by atoms with Gasteiger partial charge in [-0.2, -0.15) is 0 Å². The fraction of sp³-hybridized carbons (Fsp3) is 0.417. The molecule has 0 heterocycles. The molecule has 6 nitrogen and oxygen atoms in total. The number of hydrogen-bond donors (Lipinski definition) is 2. The van der Waals surface area contributed by atoms with Gasteiger partial charge in [0.2, 0.25) is 0 Å². The van der Waals surface area contributed by atoms with Gasteiger partial charge in [-0.1, -0.05) is 0 Å². The summed E-state index contributed by atoms with van der Waals surface area (Å²) in [6.07, 6.45) is 2.72. The summed E-state index contributed by atoms with van der Waals surface area (Å²) in [5.41, 5.74) is 0.394. The molecule has 35 heavy (non-hydrogen) atoms. The molecule has 0 aromatic heterocycles. The third kappa shape index (κ3) is 8.20. The van der Waals surface area contributed by atoms with Crippen LogP contribution in [0.15, 0.2) is 24.3 Å². The van der Waals surface area contributed by atoms with E-state index in [0.29, 0.717) is 25.5 Å². The molecule has 1 fully saturated rings. The van der Waals surface area contributed by atoms with Gasteiger partial charge < -0.3 is 20.2 Å². The number of anilines is 1. The van der Waals surface area contributed by atoms with E-state index in [1.54, 1.807) is 20.2 Å². The molecule has 2 amide bonds. The van der Waals surface area contributed by atoms with E-state index in [2.05, 4.69) is 5.32 Å². The van der Waals surface area contributed by atoms with Crippen LogP contribution in [0.1, 0.15) is 46.4 Å². The minimum absolute atomic E-state index is 0.0941. The molecule has 1 saturated carbocycles. The van der Waals surface area contributed by atoms with E-state index in [-0.39, 0.29) is 29.3 Å². The number of halogens is 5. The highest BCUT2D eigenvalue weighted by Gasteiger charge is 2.24. The second kappa shape index (κ2) is 13.1. The molecule has 2 aromatic rings.